The second kappa shape index (κ2) is 12.2. The molecule has 1 aliphatic carbocycles. The zero-order valence-electron chi connectivity index (χ0n) is 23.0. The number of nitro benzene ring substituents is 1. The third kappa shape index (κ3) is 5.99. The maximum atomic E-state index is 14.5. The van der Waals surface area contributed by atoms with Crippen LogP contribution >= 0.6 is 0 Å². The zero-order valence-corrected chi connectivity index (χ0v) is 23.0. The van der Waals surface area contributed by atoms with Crippen molar-refractivity contribution in [1.29, 1.82) is 0 Å². The average Bonchev–Trinajstić information content (AvgIpc) is 3.08. The van der Waals surface area contributed by atoms with Crippen LogP contribution in [0.25, 0.3) is 0 Å². The van der Waals surface area contributed by atoms with E-state index in [2.05, 4.69) is 16.0 Å². The molecule has 2 aliphatic rings. The Labute approximate surface area is 242 Å². The van der Waals surface area contributed by atoms with Crippen LogP contribution in [0.4, 0.5) is 17.1 Å². The Morgan fingerprint density at radius 3 is 2.31 bits per heavy atom. The Kier molecular flexibility index (Phi) is 8.28. The maximum absolute atomic E-state index is 14.5. The summed E-state index contributed by atoms with van der Waals surface area (Å²) in [6, 6.07) is 16.1. The van der Waals surface area contributed by atoms with Crippen molar-refractivity contribution in [3.63, 3.8) is 0 Å². The first-order valence-electron chi connectivity index (χ1n) is 13.9. The fraction of sp³-hybridized carbons (Fsp3) is 0.290. The van der Waals surface area contributed by atoms with Crippen molar-refractivity contribution >= 4 is 40.7 Å². The van der Waals surface area contributed by atoms with Crippen LogP contribution in [0.5, 0.6) is 0 Å². The summed E-state index contributed by atoms with van der Waals surface area (Å²) in [6.07, 6.45) is 4.58. The number of carbonyl (C=O) groups excluding carboxylic acids is 4. The molecule has 5 rings (SSSR count). The molecule has 0 bridgehead atoms. The van der Waals surface area contributed by atoms with Crippen molar-refractivity contribution in [2.24, 2.45) is 0 Å². The standard InChI is InChI=1S/C31H31N5O6/c1-19(37)32-23-14-17-26-25(18-23)31(40)35(27(30(39)34-26)20-8-4-2-5-9-20)28(21-12-15-24(16-13-21)36(41)42)29(38)33-22-10-6-3-7-11-22/h2,4-5,8-9,12-18,22,27-28H,3,6-7,10-11H2,1H3,(H,32,37)(H,33,38)(H,34,39)/t27-,28?/m0/s1. The highest BCUT2D eigenvalue weighted by atomic mass is 16.6. The number of nitrogens with one attached hydrogen (secondary N) is 3. The highest BCUT2D eigenvalue weighted by molar-refractivity contribution is 6.12. The van der Waals surface area contributed by atoms with E-state index in [0.29, 0.717) is 16.8 Å². The monoisotopic (exact) mass is 569 g/mol. The summed E-state index contributed by atoms with van der Waals surface area (Å²) in [4.78, 5) is 66.4. The number of hydrogen-bond donors (Lipinski definition) is 3. The summed E-state index contributed by atoms with van der Waals surface area (Å²) < 4.78 is 0. The number of benzene rings is 3. The molecule has 1 fully saturated rings. The Morgan fingerprint density at radius 1 is 0.976 bits per heavy atom. The summed E-state index contributed by atoms with van der Waals surface area (Å²) in [6.45, 7) is 1.34. The number of carbonyl (C=O) groups is 4. The fourth-order valence-electron chi connectivity index (χ4n) is 5.65. The van der Waals surface area contributed by atoms with Gasteiger partial charge in [0.1, 0.15) is 12.1 Å². The normalized spacial score (nSPS) is 17.8. The van der Waals surface area contributed by atoms with Crippen molar-refractivity contribution in [2.45, 2.75) is 57.2 Å². The van der Waals surface area contributed by atoms with Crippen molar-refractivity contribution in [2.75, 3.05) is 10.6 Å². The first-order valence-corrected chi connectivity index (χ1v) is 13.9. The Morgan fingerprint density at radius 2 is 1.67 bits per heavy atom. The van der Waals surface area contributed by atoms with Crippen molar-refractivity contribution in [3.8, 4) is 0 Å². The molecule has 42 heavy (non-hydrogen) atoms. The van der Waals surface area contributed by atoms with Gasteiger partial charge in [0.2, 0.25) is 11.8 Å². The lowest BCUT2D eigenvalue weighted by Gasteiger charge is -2.36. The molecule has 3 aromatic rings. The van der Waals surface area contributed by atoms with Crippen LogP contribution in [0.15, 0.2) is 72.8 Å². The first-order chi connectivity index (χ1) is 20.2. The van der Waals surface area contributed by atoms with Crippen molar-refractivity contribution < 1.29 is 24.1 Å². The van der Waals surface area contributed by atoms with E-state index in [-0.39, 0.29) is 28.9 Å². The lowest BCUT2D eigenvalue weighted by Crippen LogP contribution is -2.49. The fourth-order valence-corrected chi connectivity index (χ4v) is 5.65. The van der Waals surface area contributed by atoms with Crippen LogP contribution < -0.4 is 16.0 Å². The lowest BCUT2D eigenvalue weighted by atomic mass is 9.93. The molecule has 1 heterocycles. The van der Waals surface area contributed by atoms with Crippen LogP contribution in [-0.2, 0) is 14.4 Å². The number of non-ortho nitro benzene ring substituents is 1. The Balaban J connectivity index is 1.68. The van der Waals surface area contributed by atoms with Crippen molar-refractivity contribution in [3.05, 3.63) is 99.6 Å². The summed E-state index contributed by atoms with van der Waals surface area (Å²) in [7, 11) is 0. The van der Waals surface area contributed by atoms with Gasteiger partial charge in [0.25, 0.3) is 17.5 Å². The molecule has 1 aliphatic heterocycles. The number of rotatable bonds is 7. The molecule has 0 saturated heterocycles. The van der Waals surface area contributed by atoms with Gasteiger partial charge in [-0.05, 0) is 54.3 Å². The predicted octanol–water partition coefficient (Wildman–Crippen LogP) is 4.88. The molecule has 1 saturated carbocycles. The molecule has 11 heteroatoms. The minimum atomic E-state index is -1.30. The molecule has 4 amide bonds. The number of fused-ring (bicyclic) bond motifs is 1. The van der Waals surface area contributed by atoms with E-state index in [9.17, 15) is 29.3 Å². The summed E-state index contributed by atoms with van der Waals surface area (Å²) in [5, 5.41) is 19.9. The Bertz CT molecular complexity index is 1520. The molecular formula is C31H31N5O6. The summed E-state index contributed by atoms with van der Waals surface area (Å²) in [5.41, 5.74) is 1.30. The van der Waals surface area contributed by atoms with Gasteiger partial charge >= 0.3 is 0 Å². The quantitative estimate of drug-likeness (QED) is 0.273. The third-order valence-corrected chi connectivity index (χ3v) is 7.60. The van der Waals surface area contributed by atoms with E-state index in [1.165, 1.54) is 48.2 Å². The Hall–Kier alpha value is -5.06. The third-order valence-electron chi connectivity index (χ3n) is 7.60. The van der Waals surface area contributed by atoms with Gasteiger partial charge in [-0.15, -0.1) is 0 Å². The molecule has 3 N–H and O–H groups in total. The van der Waals surface area contributed by atoms with Gasteiger partial charge < -0.3 is 20.9 Å². The van der Waals surface area contributed by atoms with E-state index in [1.807, 2.05) is 0 Å². The molecule has 0 spiro atoms. The highest BCUT2D eigenvalue weighted by Crippen LogP contribution is 2.39. The van der Waals surface area contributed by atoms with Crippen LogP contribution in [0.2, 0.25) is 0 Å². The van der Waals surface area contributed by atoms with Crippen molar-refractivity contribution in [1.82, 2.24) is 10.2 Å². The summed E-state index contributed by atoms with van der Waals surface area (Å²) >= 11 is 0. The van der Waals surface area contributed by atoms with Gasteiger partial charge in [-0.1, -0.05) is 49.6 Å². The van der Waals surface area contributed by atoms with Gasteiger partial charge in [0, 0.05) is 30.8 Å². The number of amides is 4. The minimum absolute atomic E-state index is 0.0883. The molecule has 0 radical (unpaired) electrons. The lowest BCUT2D eigenvalue weighted by molar-refractivity contribution is -0.384. The van der Waals surface area contributed by atoms with E-state index in [0.717, 1.165) is 32.1 Å². The second-order valence-electron chi connectivity index (χ2n) is 10.6. The first kappa shape index (κ1) is 28.5. The predicted molar refractivity (Wildman–Crippen MR) is 156 cm³/mol. The average molecular weight is 570 g/mol. The van der Waals surface area contributed by atoms with Crippen LogP contribution in [0.1, 0.15) is 72.6 Å². The molecule has 3 aromatic carbocycles. The van der Waals surface area contributed by atoms with E-state index in [1.54, 1.807) is 36.4 Å². The SMILES string of the molecule is CC(=O)Nc1ccc2c(c1)C(=O)N(C(C(=O)NC1CCCCC1)c1ccc([N+](=O)[O-])cc1)[C@@H](c1ccccc1)C(=O)N2. The smallest absolute Gasteiger partial charge is 0.269 e. The molecule has 0 aromatic heterocycles. The van der Waals surface area contributed by atoms with Gasteiger partial charge in [-0.25, -0.2) is 0 Å². The maximum Gasteiger partial charge on any atom is 0.269 e. The van der Waals surface area contributed by atoms with Gasteiger partial charge in [0.15, 0.2) is 0 Å². The summed E-state index contributed by atoms with van der Waals surface area (Å²) in [5.74, 6) is -1.97. The van der Waals surface area contributed by atoms with Crippen LogP contribution in [0, 0.1) is 10.1 Å². The second-order valence-corrected chi connectivity index (χ2v) is 10.6. The van der Waals surface area contributed by atoms with Gasteiger partial charge in [-0.2, -0.15) is 0 Å². The van der Waals surface area contributed by atoms with E-state index < -0.39 is 34.7 Å². The van der Waals surface area contributed by atoms with E-state index in [4.69, 9.17) is 0 Å². The molecule has 1 unspecified atom stereocenters. The number of anilines is 2. The molecule has 216 valence electrons. The molecular weight excluding hydrogens is 538 g/mol. The van der Waals surface area contributed by atoms with Crippen LogP contribution in [-0.4, -0.2) is 39.5 Å². The molecule has 2 atom stereocenters. The zero-order chi connectivity index (χ0) is 29.8. The highest BCUT2D eigenvalue weighted by Gasteiger charge is 2.44. The van der Waals surface area contributed by atoms with Gasteiger partial charge in [-0.3, -0.25) is 29.3 Å². The largest absolute Gasteiger partial charge is 0.351 e. The number of hydrogen-bond acceptors (Lipinski definition) is 6. The number of nitrogens with zero attached hydrogens (tertiary/aromatic N) is 2. The van der Waals surface area contributed by atoms with Crippen LogP contribution in [0.3, 0.4) is 0 Å². The molecule has 11 nitrogen and oxygen atoms in total. The van der Waals surface area contributed by atoms with Gasteiger partial charge in [0.05, 0.1) is 16.2 Å². The minimum Gasteiger partial charge on any atom is -0.351 e. The number of nitro groups is 1. The van der Waals surface area contributed by atoms with E-state index >= 15 is 0 Å². The topological polar surface area (TPSA) is 151 Å².